The molecule has 1 aliphatic heterocycles. The number of carbonyl (C=O) groups excluding carboxylic acids is 1. The highest BCUT2D eigenvalue weighted by atomic mass is 32.1. The van der Waals surface area contributed by atoms with Crippen LogP contribution in [0.3, 0.4) is 0 Å². The van der Waals surface area contributed by atoms with E-state index in [2.05, 4.69) is 16.8 Å². The number of amides is 1. The highest BCUT2D eigenvalue weighted by molar-refractivity contribution is 7.08. The first-order valence-electron chi connectivity index (χ1n) is 9.45. The van der Waals surface area contributed by atoms with Crippen LogP contribution in [0.1, 0.15) is 23.2 Å². The van der Waals surface area contributed by atoms with Crippen molar-refractivity contribution < 1.29 is 14.3 Å². The average molecular weight is 394 g/mol. The smallest absolute Gasteiger partial charge is 0.253 e. The van der Waals surface area contributed by atoms with E-state index in [1.165, 1.54) is 5.56 Å². The number of nitrogens with zero attached hydrogens (tertiary/aromatic N) is 1. The SMILES string of the molecule is COc1ccc(OC2CCN(C(=O)c3ccc(-c4ccsc4)cc3)CC2)cc1. The third kappa shape index (κ3) is 4.20. The minimum Gasteiger partial charge on any atom is -0.497 e. The molecule has 5 heteroatoms. The predicted octanol–water partition coefficient (Wildman–Crippen LogP) is 5.11. The number of hydrogen-bond acceptors (Lipinski definition) is 4. The highest BCUT2D eigenvalue weighted by Gasteiger charge is 2.24. The van der Waals surface area contributed by atoms with E-state index in [0.29, 0.717) is 13.1 Å². The first-order chi connectivity index (χ1) is 13.7. The second kappa shape index (κ2) is 8.48. The van der Waals surface area contributed by atoms with E-state index in [-0.39, 0.29) is 12.0 Å². The topological polar surface area (TPSA) is 38.8 Å². The number of benzene rings is 2. The summed E-state index contributed by atoms with van der Waals surface area (Å²) in [5.41, 5.74) is 3.08. The Morgan fingerprint density at radius 3 is 2.21 bits per heavy atom. The molecule has 1 fully saturated rings. The van der Waals surface area contributed by atoms with Gasteiger partial charge in [-0.15, -0.1) is 0 Å². The van der Waals surface area contributed by atoms with Crippen LogP contribution in [0.15, 0.2) is 65.4 Å². The molecular weight excluding hydrogens is 370 g/mol. The Bertz CT molecular complexity index is 896. The van der Waals surface area contributed by atoms with Gasteiger partial charge in [0.1, 0.15) is 17.6 Å². The van der Waals surface area contributed by atoms with Crippen molar-refractivity contribution in [2.75, 3.05) is 20.2 Å². The first-order valence-corrected chi connectivity index (χ1v) is 10.4. The molecule has 3 aromatic rings. The normalized spacial score (nSPS) is 14.7. The maximum atomic E-state index is 12.8. The number of likely N-dealkylation sites (tertiary alicyclic amines) is 1. The van der Waals surface area contributed by atoms with Crippen molar-refractivity contribution >= 4 is 17.2 Å². The molecule has 0 unspecified atom stereocenters. The maximum absolute atomic E-state index is 12.8. The largest absolute Gasteiger partial charge is 0.497 e. The van der Waals surface area contributed by atoms with Gasteiger partial charge in [0.2, 0.25) is 0 Å². The van der Waals surface area contributed by atoms with Gasteiger partial charge in [-0.3, -0.25) is 4.79 Å². The zero-order chi connectivity index (χ0) is 19.3. The summed E-state index contributed by atoms with van der Waals surface area (Å²) in [5.74, 6) is 1.76. The lowest BCUT2D eigenvalue weighted by Crippen LogP contribution is -2.41. The van der Waals surface area contributed by atoms with Crippen LogP contribution in [0.4, 0.5) is 0 Å². The summed E-state index contributed by atoms with van der Waals surface area (Å²) in [6.45, 7) is 1.43. The fraction of sp³-hybridized carbons (Fsp3) is 0.261. The molecule has 1 aliphatic rings. The molecule has 2 aromatic carbocycles. The molecule has 4 rings (SSSR count). The summed E-state index contributed by atoms with van der Waals surface area (Å²) in [7, 11) is 1.65. The van der Waals surface area contributed by atoms with Crippen molar-refractivity contribution in [2.24, 2.45) is 0 Å². The monoisotopic (exact) mass is 393 g/mol. The lowest BCUT2D eigenvalue weighted by molar-refractivity contribution is 0.0595. The molecule has 0 N–H and O–H groups in total. The molecule has 0 bridgehead atoms. The number of methoxy groups -OCH3 is 1. The minimum absolute atomic E-state index is 0.0970. The van der Waals surface area contributed by atoms with Gasteiger partial charge in [0, 0.05) is 31.5 Å². The van der Waals surface area contributed by atoms with Crippen molar-refractivity contribution in [1.82, 2.24) is 4.90 Å². The van der Waals surface area contributed by atoms with Crippen LogP contribution in [0.25, 0.3) is 11.1 Å². The van der Waals surface area contributed by atoms with Crippen LogP contribution in [0, 0.1) is 0 Å². The van der Waals surface area contributed by atoms with Crippen molar-refractivity contribution in [3.05, 3.63) is 70.9 Å². The van der Waals surface area contributed by atoms with Gasteiger partial charge in [0.25, 0.3) is 5.91 Å². The quantitative estimate of drug-likeness (QED) is 0.605. The Labute approximate surface area is 169 Å². The van der Waals surface area contributed by atoms with Gasteiger partial charge < -0.3 is 14.4 Å². The Kier molecular flexibility index (Phi) is 5.63. The van der Waals surface area contributed by atoms with Crippen LogP contribution in [0.2, 0.25) is 0 Å². The van der Waals surface area contributed by atoms with Crippen LogP contribution in [-0.2, 0) is 0 Å². The number of ether oxygens (including phenoxy) is 2. The number of carbonyl (C=O) groups is 1. The fourth-order valence-electron chi connectivity index (χ4n) is 3.44. The van der Waals surface area contributed by atoms with Crippen LogP contribution >= 0.6 is 11.3 Å². The van der Waals surface area contributed by atoms with Gasteiger partial charge in [0.05, 0.1) is 7.11 Å². The Hall–Kier alpha value is -2.79. The number of rotatable bonds is 5. The molecular formula is C23H23NO3S. The summed E-state index contributed by atoms with van der Waals surface area (Å²) < 4.78 is 11.2. The molecule has 0 aliphatic carbocycles. The van der Waals surface area contributed by atoms with E-state index in [9.17, 15) is 4.79 Å². The lowest BCUT2D eigenvalue weighted by atomic mass is 10.0. The lowest BCUT2D eigenvalue weighted by Gasteiger charge is -2.32. The van der Waals surface area contributed by atoms with Gasteiger partial charge in [0.15, 0.2) is 0 Å². The second-order valence-corrected chi connectivity index (χ2v) is 7.65. The molecule has 1 amide bonds. The molecule has 0 radical (unpaired) electrons. The van der Waals surface area contributed by atoms with E-state index in [1.807, 2.05) is 53.4 Å². The van der Waals surface area contributed by atoms with Gasteiger partial charge in [-0.2, -0.15) is 11.3 Å². The summed E-state index contributed by atoms with van der Waals surface area (Å²) >= 11 is 1.68. The standard InChI is InChI=1S/C23H23NO3S/c1-26-20-6-8-21(9-7-20)27-22-10-13-24(14-11-22)23(25)18-4-2-17(3-5-18)19-12-15-28-16-19/h2-9,12,15-16,22H,10-11,13-14H2,1H3. The molecule has 28 heavy (non-hydrogen) atoms. The molecule has 0 spiro atoms. The molecule has 0 saturated carbocycles. The van der Waals surface area contributed by atoms with Crippen LogP contribution < -0.4 is 9.47 Å². The van der Waals surface area contributed by atoms with Crippen molar-refractivity contribution in [2.45, 2.75) is 18.9 Å². The minimum atomic E-state index is 0.0970. The molecule has 0 atom stereocenters. The Morgan fingerprint density at radius 1 is 0.929 bits per heavy atom. The molecule has 1 aromatic heterocycles. The van der Waals surface area contributed by atoms with E-state index < -0.39 is 0 Å². The van der Waals surface area contributed by atoms with Gasteiger partial charge in [-0.25, -0.2) is 0 Å². The summed E-state index contributed by atoms with van der Waals surface area (Å²) in [6.07, 6.45) is 1.81. The molecule has 4 nitrogen and oxygen atoms in total. The third-order valence-corrected chi connectivity index (χ3v) is 5.76. The van der Waals surface area contributed by atoms with Gasteiger partial charge in [-0.1, -0.05) is 12.1 Å². The zero-order valence-corrected chi connectivity index (χ0v) is 16.7. The zero-order valence-electron chi connectivity index (χ0n) is 15.8. The van der Waals surface area contributed by atoms with Crippen molar-refractivity contribution in [3.8, 4) is 22.6 Å². The van der Waals surface area contributed by atoms with Crippen molar-refractivity contribution in [3.63, 3.8) is 0 Å². The van der Waals surface area contributed by atoms with Gasteiger partial charge >= 0.3 is 0 Å². The summed E-state index contributed by atoms with van der Waals surface area (Å²) in [6, 6.07) is 17.6. The predicted molar refractivity (Wildman–Crippen MR) is 112 cm³/mol. The maximum Gasteiger partial charge on any atom is 0.253 e. The average Bonchev–Trinajstić information content (AvgIpc) is 3.29. The third-order valence-electron chi connectivity index (χ3n) is 5.08. The summed E-state index contributed by atoms with van der Waals surface area (Å²) in [5, 5.41) is 4.18. The van der Waals surface area contributed by atoms with Crippen molar-refractivity contribution in [1.29, 1.82) is 0 Å². The number of hydrogen-bond donors (Lipinski definition) is 0. The van der Waals surface area contributed by atoms with Gasteiger partial charge in [-0.05, 0) is 64.4 Å². The van der Waals surface area contributed by atoms with Crippen LogP contribution in [0.5, 0.6) is 11.5 Å². The molecule has 144 valence electrons. The highest BCUT2D eigenvalue weighted by Crippen LogP contribution is 2.25. The number of thiophene rings is 1. The van der Waals surface area contributed by atoms with E-state index in [4.69, 9.17) is 9.47 Å². The van der Waals surface area contributed by atoms with E-state index in [1.54, 1.807) is 18.4 Å². The Morgan fingerprint density at radius 2 is 1.61 bits per heavy atom. The number of piperidine rings is 1. The molecule has 2 heterocycles. The van der Waals surface area contributed by atoms with Crippen LogP contribution in [-0.4, -0.2) is 37.1 Å². The fourth-order valence-corrected chi connectivity index (χ4v) is 4.11. The van der Waals surface area contributed by atoms with E-state index in [0.717, 1.165) is 35.5 Å². The molecule has 1 saturated heterocycles. The van der Waals surface area contributed by atoms with E-state index >= 15 is 0 Å². The summed E-state index contributed by atoms with van der Waals surface area (Å²) in [4.78, 5) is 14.7. The first kappa shape index (κ1) is 18.6. The second-order valence-electron chi connectivity index (χ2n) is 6.87. The Balaban J connectivity index is 1.32.